The minimum absolute atomic E-state index is 0.00808. The first-order valence-corrected chi connectivity index (χ1v) is 8.47. The summed E-state index contributed by atoms with van der Waals surface area (Å²) in [5.74, 6) is -0.190. The Morgan fingerprint density at radius 2 is 1.95 bits per heavy atom. The van der Waals surface area contributed by atoms with Crippen LogP contribution in [0.5, 0.6) is 0 Å². The van der Waals surface area contributed by atoms with Crippen LogP contribution in [0.3, 0.4) is 0 Å². The fourth-order valence-electron chi connectivity index (χ4n) is 2.10. The van der Waals surface area contributed by atoms with E-state index in [0.29, 0.717) is 12.0 Å². The molecule has 2 nitrogen and oxygen atoms in total. The van der Waals surface area contributed by atoms with Crippen LogP contribution in [-0.2, 0) is 6.42 Å². The second kappa shape index (κ2) is 8.01. The van der Waals surface area contributed by atoms with Gasteiger partial charge in [-0.15, -0.1) is 0 Å². The maximum absolute atomic E-state index is 14.0. The van der Waals surface area contributed by atoms with Crippen molar-refractivity contribution < 1.29 is 4.39 Å². The van der Waals surface area contributed by atoms with Crippen LogP contribution in [-0.4, -0.2) is 11.5 Å². The Morgan fingerprint density at radius 3 is 2.57 bits per heavy atom. The molecule has 21 heavy (non-hydrogen) atoms. The van der Waals surface area contributed by atoms with E-state index >= 15 is 0 Å². The van der Waals surface area contributed by atoms with Crippen LogP contribution in [0.15, 0.2) is 45.5 Å². The smallest absolute Gasteiger partial charge is 0.127 e. The third-order valence-corrected chi connectivity index (χ3v) is 4.15. The third kappa shape index (κ3) is 4.87. The molecule has 0 amide bonds. The van der Waals surface area contributed by atoms with Gasteiger partial charge >= 0.3 is 0 Å². The van der Waals surface area contributed by atoms with Gasteiger partial charge in [0.05, 0.1) is 11.7 Å². The lowest BCUT2D eigenvalue weighted by molar-refractivity contribution is 0.503. The van der Waals surface area contributed by atoms with E-state index in [4.69, 9.17) is 0 Å². The largest absolute Gasteiger partial charge is 0.308 e. The van der Waals surface area contributed by atoms with Gasteiger partial charge in [0.1, 0.15) is 5.82 Å². The van der Waals surface area contributed by atoms with Gasteiger partial charge in [-0.3, -0.25) is 4.98 Å². The topological polar surface area (TPSA) is 24.9 Å². The lowest BCUT2D eigenvalue weighted by Crippen LogP contribution is -2.25. The van der Waals surface area contributed by atoms with E-state index in [2.05, 4.69) is 49.1 Å². The van der Waals surface area contributed by atoms with E-state index in [0.717, 1.165) is 27.6 Å². The minimum Gasteiger partial charge on any atom is -0.308 e. The number of rotatable bonds is 6. The zero-order valence-electron chi connectivity index (χ0n) is 11.7. The predicted molar refractivity (Wildman–Crippen MR) is 90.8 cm³/mol. The van der Waals surface area contributed by atoms with Gasteiger partial charge in [0.25, 0.3) is 0 Å². The van der Waals surface area contributed by atoms with E-state index in [1.165, 1.54) is 6.07 Å². The maximum atomic E-state index is 14.0. The van der Waals surface area contributed by atoms with Crippen molar-refractivity contribution in [3.05, 3.63) is 62.5 Å². The van der Waals surface area contributed by atoms with Gasteiger partial charge in [-0.25, -0.2) is 4.39 Å². The van der Waals surface area contributed by atoms with Gasteiger partial charge < -0.3 is 5.32 Å². The second-order valence-electron chi connectivity index (χ2n) is 4.85. The summed E-state index contributed by atoms with van der Waals surface area (Å²) in [6.45, 7) is 2.99. The van der Waals surface area contributed by atoms with Gasteiger partial charge in [-0.05, 0) is 65.1 Å². The lowest BCUT2D eigenvalue weighted by Gasteiger charge is -2.18. The highest BCUT2D eigenvalue weighted by atomic mass is 79.9. The van der Waals surface area contributed by atoms with Crippen LogP contribution in [0.4, 0.5) is 4.39 Å². The molecule has 112 valence electrons. The molecule has 0 aliphatic heterocycles. The van der Waals surface area contributed by atoms with E-state index in [-0.39, 0.29) is 11.9 Å². The molecule has 0 spiro atoms. The van der Waals surface area contributed by atoms with E-state index < -0.39 is 0 Å². The second-order valence-corrected chi connectivity index (χ2v) is 6.68. The van der Waals surface area contributed by atoms with Crippen molar-refractivity contribution in [2.45, 2.75) is 25.8 Å². The first kappa shape index (κ1) is 16.6. The van der Waals surface area contributed by atoms with Crippen LogP contribution in [0, 0.1) is 5.82 Å². The molecule has 0 saturated carbocycles. The van der Waals surface area contributed by atoms with Crippen molar-refractivity contribution in [3.8, 4) is 0 Å². The molecule has 1 heterocycles. The van der Waals surface area contributed by atoms with Gasteiger partial charge in [0, 0.05) is 15.1 Å². The molecule has 1 aromatic heterocycles. The average molecular weight is 416 g/mol. The number of nitrogens with zero attached hydrogens (tertiary/aromatic N) is 1. The Morgan fingerprint density at radius 1 is 1.19 bits per heavy atom. The Bertz CT molecular complexity index is 587. The molecule has 1 unspecified atom stereocenters. The number of benzene rings is 1. The molecule has 0 fully saturated rings. The van der Waals surface area contributed by atoms with E-state index in [1.54, 1.807) is 6.20 Å². The molecule has 0 aliphatic rings. The van der Waals surface area contributed by atoms with Crippen molar-refractivity contribution >= 4 is 31.9 Å². The molecule has 2 rings (SSSR count). The molecule has 0 radical (unpaired) electrons. The number of pyridine rings is 1. The first-order chi connectivity index (χ1) is 10.1. The van der Waals surface area contributed by atoms with Gasteiger partial charge in [-0.2, -0.15) is 0 Å². The molecule has 1 N–H and O–H groups in total. The number of hydrogen-bond acceptors (Lipinski definition) is 2. The third-order valence-electron chi connectivity index (χ3n) is 3.19. The minimum atomic E-state index is -0.190. The molecule has 1 atom stereocenters. The first-order valence-electron chi connectivity index (χ1n) is 6.89. The molecule has 0 bridgehead atoms. The van der Waals surface area contributed by atoms with Crippen molar-refractivity contribution in [2.24, 2.45) is 0 Å². The zero-order valence-corrected chi connectivity index (χ0v) is 14.9. The summed E-state index contributed by atoms with van der Waals surface area (Å²) in [5, 5.41) is 3.44. The van der Waals surface area contributed by atoms with Gasteiger partial charge in [-0.1, -0.05) is 28.9 Å². The average Bonchev–Trinajstić information content (AvgIpc) is 2.46. The number of nitrogens with one attached hydrogen (secondary N) is 1. The van der Waals surface area contributed by atoms with Crippen LogP contribution in [0.1, 0.15) is 30.6 Å². The van der Waals surface area contributed by atoms with E-state index in [9.17, 15) is 4.39 Å². The Hall–Kier alpha value is -0.780. The highest BCUT2D eigenvalue weighted by Crippen LogP contribution is 2.22. The summed E-state index contributed by atoms with van der Waals surface area (Å²) in [5.41, 5.74) is 1.62. The zero-order chi connectivity index (χ0) is 15.2. The highest BCUT2D eigenvalue weighted by molar-refractivity contribution is 9.10. The van der Waals surface area contributed by atoms with Crippen molar-refractivity contribution in [3.63, 3.8) is 0 Å². The van der Waals surface area contributed by atoms with Gasteiger partial charge in [0.2, 0.25) is 0 Å². The quantitative estimate of drug-likeness (QED) is 0.715. The predicted octanol–water partition coefficient (Wildman–Crippen LogP) is 5.03. The standard InChI is InChI=1S/C16H17Br2FN2/c1-2-7-20-16(15-6-5-13(18)10-21-15)8-11-3-4-12(17)9-14(11)19/h3-6,9-10,16,20H,2,7-8H2,1H3. The van der Waals surface area contributed by atoms with E-state index in [1.807, 2.05) is 24.3 Å². The summed E-state index contributed by atoms with van der Waals surface area (Å²) in [7, 11) is 0. The number of aromatic nitrogens is 1. The highest BCUT2D eigenvalue weighted by Gasteiger charge is 2.15. The molecule has 2 aromatic rings. The molecular formula is C16H17Br2FN2. The Balaban J connectivity index is 2.21. The molecule has 1 aromatic carbocycles. The number of hydrogen-bond donors (Lipinski definition) is 1. The fraction of sp³-hybridized carbons (Fsp3) is 0.312. The summed E-state index contributed by atoms with van der Waals surface area (Å²) >= 11 is 6.67. The SMILES string of the molecule is CCCNC(Cc1ccc(Br)cc1F)c1ccc(Br)cn1. The van der Waals surface area contributed by atoms with Gasteiger partial charge in [0.15, 0.2) is 0 Å². The maximum Gasteiger partial charge on any atom is 0.127 e. The van der Waals surface area contributed by atoms with Crippen LogP contribution in [0.25, 0.3) is 0 Å². The van der Waals surface area contributed by atoms with Crippen molar-refractivity contribution in [1.82, 2.24) is 10.3 Å². The Labute approximate surface area is 141 Å². The monoisotopic (exact) mass is 414 g/mol. The molecule has 5 heteroatoms. The summed E-state index contributed by atoms with van der Waals surface area (Å²) in [6, 6.07) is 9.12. The van der Waals surface area contributed by atoms with Crippen molar-refractivity contribution in [1.29, 1.82) is 0 Å². The van der Waals surface area contributed by atoms with Crippen LogP contribution < -0.4 is 5.32 Å². The lowest BCUT2D eigenvalue weighted by atomic mass is 10.0. The Kier molecular flexibility index (Phi) is 6.33. The summed E-state index contributed by atoms with van der Waals surface area (Å²) in [6.07, 6.45) is 3.37. The fourth-order valence-corrected chi connectivity index (χ4v) is 2.67. The van der Waals surface area contributed by atoms with Crippen molar-refractivity contribution in [2.75, 3.05) is 6.54 Å². The molecule has 0 saturated heterocycles. The number of halogens is 3. The normalized spacial score (nSPS) is 12.4. The van der Waals surface area contributed by atoms with Crippen LogP contribution in [0.2, 0.25) is 0 Å². The van der Waals surface area contributed by atoms with Crippen LogP contribution >= 0.6 is 31.9 Å². The summed E-state index contributed by atoms with van der Waals surface area (Å²) < 4.78 is 15.7. The molecular weight excluding hydrogens is 399 g/mol. The molecule has 0 aliphatic carbocycles. The summed E-state index contributed by atoms with van der Waals surface area (Å²) in [4.78, 5) is 4.43.